The number of benzene rings is 1. The van der Waals surface area contributed by atoms with E-state index >= 15 is 0 Å². The Morgan fingerprint density at radius 1 is 1.36 bits per heavy atom. The van der Waals surface area contributed by atoms with Crippen molar-refractivity contribution in [2.45, 2.75) is 12.5 Å². The van der Waals surface area contributed by atoms with Crippen LogP contribution in [0, 0.1) is 11.6 Å². The molecule has 78 valence electrons. The lowest BCUT2D eigenvalue weighted by molar-refractivity contribution is 0.251. The maximum absolute atomic E-state index is 13.1. The zero-order valence-electron chi connectivity index (χ0n) is 7.30. The Morgan fingerprint density at radius 3 is 2.79 bits per heavy atom. The minimum atomic E-state index is -0.937. The van der Waals surface area contributed by atoms with Gasteiger partial charge in [-0.2, -0.15) is 4.39 Å². The Morgan fingerprint density at radius 2 is 2.07 bits per heavy atom. The highest BCUT2D eigenvalue weighted by atomic mass is 35.5. The van der Waals surface area contributed by atoms with Crippen LogP contribution in [0.2, 0.25) is 0 Å². The van der Waals surface area contributed by atoms with E-state index in [0.717, 1.165) is 6.07 Å². The quantitative estimate of drug-likeness (QED) is 0.729. The normalized spacial score (nSPS) is 19.2. The van der Waals surface area contributed by atoms with Crippen LogP contribution in [0.15, 0.2) is 12.1 Å². The van der Waals surface area contributed by atoms with Gasteiger partial charge in [0.05, 0.1) is 6.61 Å². The highest BCUT2D eigenvalue weighted by molar-refractivity contribution is 5.85. The SMILES string of the molecule is Cl.N[C@H]1CCOc2c1ccc(F)c2F. The second kappa shape index (κ2) is 4.11. The first-order chi connectivity index (χ1) is 6.20. The lowest BCUT2D eigenvalue weighted by Gasteiger charge is -2.23. The van der Waals surface area contributed by atoms with Gasteiger partial charge in [0.1, 0.15) is 0 Å². The topological polar surface area (TPSA) is 35.2 Å². The lowest BCUT2D eigenvalue weighted by atomic mass is 10.0. The van der Waals surface area contributed by atoms with Gasteiger partial charge in [0.15, 0.2) is 11.6 Å². The van der Waals surface area contributed by atoms with Crippen LogP contribution in [0.1, 0.15) is 18.0 Å². The number of ether oxygens (including phenoxy) is 1. The molecule has 1 aliphatic heterocycles. The van der Waals surface area contributed by atoms with Crippen molar-refractivity contribution in [3.63, 3.8) is 0 Å². The Labute approximate surface area is 86.5 Å². The molecule has 5 heteroatoms. The van der Waals surface area contributed by atoms with E-state index < -0.39 is 11.6 Å². The van der Waals surface area contributed by atoms with Crippen LogP contribution in [0.5, 0.6) is 5.75 Å². The van der Waals surface area contributed by atoms with Crippen molar-refractivity contribution in [1.82, 2.24) is 0 Å². The predicted molar refractivity (Wildman–Crippen MR) is 50.6 cm³/mol. The molecule has 0 spiro atoms. The molecule has 2 rings (SSSR count). The summed E-state index contributed by atoms with van der Waals surface area (Å²) in [6, 6.07) is 2.29. The van der Waals surface area contributed by atoms with Crippen LogP contribution in [0.3, 0.4) is 0 Å². The second-order valence-electron chi connectivity index (χ2n) is 3.02. The summed E-state index contributed by atoms with van der Waals surface area (Å²) in [6.07, 6.45) is 0.637. The first-order valence-corrected chi connectivity index (χ1v) is 4.06. The number of hydrogen-bond donors (Lipinski definition) is 1. The maximum atomic E-state index is 13.1. The van der Waals surface area contributed by atoms with Gasteiger partial charge < -0.3 is 10.5 Å². The lowest BCUT2D eigenvalue weighted by Crippen LogP contribution is -2.21. The van der Waals surface area contributed by atoms with E-state index in [0.29, 0.717) is 18.6 Å². The molecule has 1 atom stereocenters. The van der Waals surface area contributed by atoms with Crippen molar-refractivity contribution in [2.24, 2.45) is 5.73 Å². The summed E-state index contributed by atoms with van der Waals surface area (Å²) in [7, 11) is 0. The van der Waals surface area contributed by atoms with E-state index in [1.54, 1.807) is 0 Å². The van der Waals surface area contributed by atoms with Gasteiger partial charge in [-0.15, -0.1) is 12.4 Å². The Kier molecular flexibility index (Phi) is 3.29. The summed E-state index contributed by atoms with van der Waals surface area (Å²) in [5, 5.41) is 0. The molecular weight excluding hydrogens is 212 g/mol. The zero-order chi connectivity index (χ0) is 9.42. The average Bonchev–Trinajstić information content (AvgIpc) is 2.12. The molecule has 0 radical (unpaired) electrons. The van der Waals surface area contributed by atoms with Gasteiger partial charge in [0, 0.05) is 18.0 Å². The van der Waals surface area contributed by atoms with Crippen molar-refractivity contribution < 1.29 is 13.5 Å². The van der Waals surface area contributed by atoms with Crippen molar-refractivity contribution in [3.05, 3.63) is 29.3 Å². The van der Waals surface area contributed by atoms with Crippen LogP contribution < -0.4 is 10.5 Å². The first kappa shape index (κ1) is 11.2. The van der Waals surface area contributed by atoms with E-state index in [1.165, 1.54) is 6.07 Å². The summed E-state index contributed by atoms with van der Waals surface area (Å²) in [4.78, 5) is 0. The van der Waals surface area contributed by atoms with Crippen molar-refractivity contribution in [2.75, 3.05) is 6.61 Å². The Bertz CT molecular complexity index is 346. The van der Waals surface area contributed by atoms with Gasteiger partial charge >= 0.3 is 0 Å². The molecule has 0 saturated carbocycles. The van der Waals surface area contributed by atoms with Crippen LogP contribution in [-0.4, -0.2) is 6.61 Å². The van der Waals surface area contributed by atoms with Crippen molar-refractivity contribution >= 4 is 12.4 Å². The smallest absolute Gasteiger partial charge is 0.200 e. The predicted octanol–water partition coefficient (Wildman–Crippen LogP) is 2.17. The molecule has 0 unspecified atom stereocenters. The first-order valence-electron chi connectivity index (χ1n) is 4.06. The molecule has 0 aliphatic carbocycles. The highest BCUT2D eigenvalue weighted by Crippen LogP contribution is 2.33. The Hall–Kier alpha value is -0.870. The molecule has 2 nitrogen and oxygen atoms in total. The maximum Gasteiger partial charge on any atom is 0.200 e. The molecule has 1 heterocycles. The average molecular weight is 222 g/mol. The van der Waals surface area contributed by atoms with E-state index in [4.69, 9.17) is 10.5 Å². The molecule has 2 N–H and O–H groups in total. The highest BCUT2D eigenvalue weighted by Gasteiger charge is 2.23. The number of fused-ring (bicyclic) bond motifs is 1. The molecular formula is C9H10ClF2NO. The summed E-state index contributed by atoms with van der Waals surface area (Å²) in [5.74, 6) is -1.86. The third kappa shape index (κ3) is 1.67. The summed E-state index contributed by atoms with van der Waals surface area (Å²) in [5.41, 5.74) is 6.24. The van der Waals surface area contributed by atoms with Crippen LogP contribution in [0.25, 0.3) is 0 Å². The molecule has 0 fully saturated rings. The molecule has 0 saturated heterocycles. The molecule has 1 aliphatic rings. The third-order valence-electron chi connectivity index (χ3n) is 2.16. The number of hydrogen-bond acceptors (Lipinski definition) is 2. The van der Waals surface area contributed by atoms with Gasteiger partial charge in [-0.05, 0) is 6.07 Å². The summed E-state index contributed by atoms with van der Waals surface area (Å²) < 4.78 is 30.8. The minimum Gasteiger partial charge on any atom is -0.490 e. The number of rotatable bonds is 0. The third-order valence-corrected chi connectivity index (χ3v) is 2.16. The molecule has 0 bridgehead atoms. The summed E-state index contributed by atoms with van der Waals surface area (Å²) in [6.45, 7) is 0.342. The standard InChI is InChI=1S/C9H9F2NO.ClH/c10-6-2-1-5-7(12)3-4-13-9(5)8(6)11;/h1-2,7H,3-4,12H2;1H/t7-;/m0./s1. The van der Waals surface area contributed by atoms with Crippen LogP contribution in [0.4, 0.5) is 8.78 Å². The fourth-order valence-electron chi connectivity index (χ4n) is 1.43. The van der Waals surface area contributed by atoms with Gasteiger partial charge in [-0.25, -0.2) is 4.39 Å². The van der Waals surface area contributed by atoms with Crippen molar-refractivity contribution in [3.8, 4) is 5.75 Å². The van der Waals surface area contributed by atoms with Crippen molar-refractivity contribution in [1.29, 1.82) is 0 Å². The molecule has 14 heavy (non-hydrogen) atoms. The largest absolute Gasteiger partial charge is 0.490 e. The van der Waals surface area contributed by atoms with E-state index in [2.05, 4.69) is 0 Å². The van der Waals surface area contributed by atoms with E-state index in [9.17, 15) is 8.78 Å². The van der Waals surface area contributed by atoms with Crippen LogP contribution >= 0.6 is 12.4 Å². The second-order valence-corrected chi connectivity index (χ2v) is 3.02. The van der Waals surface area contributed by atoms with Gasteiger partial charge in [0.2, 0.25) is 5.82 Å². The van der Waals surface area contributed by atoms with Gasteiger partial charge in [-0.1, -0.05) is 6.07 Å². The number of nitrogens with two attached hydrogens (primary N) is 1. The molecule has 1 aromatic rings. The molecule has 0 amide bonds. The summed E-state index contributed by atoms with van der Waals surface area (Å²) >= 11 is 0. The fourth-order valence-corrected chi connectivity index (χ4v) is 1.43. The molecule has 0 aromatic heterocycles. The molecule has 1 aromatic carbocycles. The fraction of sp³-hybridized carbons (Fsp3) is 0.333. The Balaban J connectivity index is 0.000000980. The zero-order valence-corrected chi connectivity index (χ0v) is 8.11. The van der Waals surface area contributed by atoms with Crippen LogP contribution in [-0.2, 0) is 0 Å². The number of halogens is 3. The van der Waals surface area contributed by atoms with Gasteiger partial charge in [0.25, 0.3) is 0 Å². The van der Waals surface area contributed by atoms with Gasteiger partial charge in [-0.3, -0.25) is 0 Å². The minimum absolute atomic E-state index is 0. The van der Waals surface area contributed by atoms with E-state index in [-0.39, 0.29) is 24.2 Å². The van der Waals surface area contributed by atoms with E-state index in [1.807, 2.05) is 0 Å². The monoisotopic (exact) mass is 221 g/mol.